The molecule has 29 heavy (non-hydrogen) atoms. The van der Waals surface area contributed by atoms with Crippen LogP contribution in [0.2, 0.25) is 0 Å². The van der Waals surface area contributed by atoms with Gasteiger partial charge in [-0.25, -0.2) is 4.98 Å². The second kappa shape index (κ2) is 8.23. The molecule has 1 saturated heterocycles. The van der Waals surface area contributed by atoms with E-state index < -0.39 is 0 Å². The number of carbonyl (C=O) groups excluding carboxylic acids is 1. The molecule has 7 heteroatoms. The lowest BCUT2D eigenvalue weighted by Gasteiger charge is -2.36. The molecule has 0 spiro atoms. The van der Waals surface area contributed by atoms with Crippen molar-refractivity contribution in [3.63, 3.8) is 0 Å². The van der Waals surface area contributed by atoms with Crippen LogP contribution in [-0.2, 0) is 4.74 Å². The summed E-state index contributed by atoms with van der Waals surface area (Å²) in [7, 11) is 0. The van der Waals surface area contributed by atoms with Crippen molar-refractivity contribution in [2.24, 2.45) is 0 Å². The summed E-state index contributed by atoms with van der Waals surface area (Å²) in [5, 5.41) is 5.37. The number of aromatic nitrogens is 1. The number of anilines is 3. The van der Waals surface area contributed by atoms with Crippen LogP contribution in [0.4, 0.5) is 16.5 Å². The lowest BCUT2D eigenvalue weighted by atomic mass is 10.1. The van der Waals surface area contributed by atoms with Crippen molar-refractivity contribution in [1.29, 1.82) is 0 Å². The van der Waals surface area contributed by atoms with Crippen LogP contribution < -0.4 is 16.0 Å². The van der Waals surface area contributed by atoms with E-state index in [0.717, 1.165) is 35.7 Å². The van der Waals surface area contributed by atoms with Gasteiger partial charge in [0, 0.05) is 41.0 Å². The van der Waals surface area contributed by atoms with Crippen molar-refractivity contribution >= 4 is 33.8 Å². The third kappa shape index (κ3) is 4.58. The molecule has 0 unspecified atom stereocenters. The molecule has 0 aliphatic carbocycles. The predicted molar refractivity (Wildman–Crippen MR) is 119 cm³/mol. The van der Waals surface area contributed by atoms with Crippen LogP contribution in [0.25, 0.3) is 11.3 Å². The quantitative estimate of drug-likeness (QED) is 0.674. The number of morpholine rings is 1. The molecule has 3 N–H and O–H groups in total. The molecule has 1 aromatic heterocycles. The standard InChI is InChI=1S/C22H24N4O2S/c1-14-11-26(12-15(2)28-14)19-8-6-18(7-9-19)24-21(27)17-5-3-4-16(10-17)20-13-29-22(23)25-20/h3-10,13-15H,11-12H2,1-2H3,(H2,23,25)(H,24,27)/t14-,15+. The summed E-state index contributed by atoms with van der Waals surface area (Å²) in [6, 6.07) is 15.3. The second-order valence-electron chi connectivity index (χ2n) is 7.32. The predicted octanol–water partition coefficient (Wildman–Crippen LogP) is 4.26. The lowest BCUT2D eigenvalue weighted by molar-refractivity contribution is -0.00521. The Labute approximate surface area is 174 Å². The van der Waals surface area contributed by atoms with E-state index in [9.17, 15) is 4.79 Å². The first-order valence-corrected chi connectivity index (χ1v) is 10.5. The summed E-state index contributed by atoms with van der Waals surface area (Å²) in [5.41, 5.74) is 9.84. The molecule has 1 aliphatic heterocycles. The Morgan fingerprint density at radius 3 is 2.55 bits per heavy atom. The van der Waals surface area contributed by atoms with Gasteiger partial charge in [0.2, 0.25) is 0 Å². The van der Waals surface area contributed by atoms with Gasteiger partial charge in [-0.2, -0.15) is 0 Å². The average molecular weight is 409 g/mol. The fourth-order valence-corrected chi connectivity index (χ4v) is 4.16. The number of hydrogen-bond donors (Lipinski definition) is 2. The third-order valence-electron chi connectivity index (χ3n) is 4.85. The van der Waals surface area contributed by atoms with Crippen molar-refractivity contribution < 1.29 is 9.53 Å². The average Bonchev–Trinajstić information content (AvgIpc) is 3.14. The van der Waals surface area contributed by atoms with E-state index in [1.54, 1.807) is 6.07 Å². The summed E-state index contributed by atoms with van der Waals surface area (Å²) >= 11 is 1.38. The van der Waals surface area contributed by atoms with Crippen LogP contribution in [0.15, 0.2) is 53.9 Å². The molecular weight excluding hydrogens is 384 g/mol. The minimum absolute atomic E-state index is 0.156. The fourth-order valence-electron chi connectivity index (χ4n) is 3.59. The van der Waals surface area contributed by atoms with Gasteiger partial charge in [-0.1, -0.05) is 12.1 Å². The third-order valence-corrected chi connectivity index (χ3v) is 5.53. The van der Waals surface area contributed by atoms with E-state index in [4.69, 9.17) is 10.5 Å². The number of nitrogens with two attached hydrogens (primary N) is 1. The lowest BCUT2D eigenvalue weighted by Crippen LogP contribution is -2.45. The summed E-state index contributed by atoms with van der Waals surface area (Å²) in [5.74, 6) is -0.156. The molecule has 1 fully saturated rings. The molecule has 2 aromatic carbocycles. The van der Waals surface area contributed by atoms with Crippen LogP contribution in [0, 0.1) is 0 Å². The number of thiazole rings is 1. The number of hydrogen-bond acceptors (Lipinski definition) is 6. The zero-order valence-electron chi connectivity index (χ0n) is 16.5. The van der Waals surface area contributed by atoms with Gasteiger partial charge in [-0.3, -0.25) is 4.79 Å². The van der Waals surface area contributed by atoms with Crippen LogP contribution in [0.3, 0.4) is 0 Å². The van der Waals surface area contributed by atoms with Crippen molar-refractivity contribution in [1.82, 2.24) is 4.98 Å². The molecule has 150 valence electrons. The number of nitrogens with zero attached hydrogens (tertiary/aromatic N) is 2. The van der Waals surface area contributed by atoms with E-state index in [-0.39, 0.29) is 18.1 Å². The van der Waals surface area contributed by atoms with Gasteiger partial charge in [0.1, 0.15) is 0 Å². The fraction of sp³-hybridized carbons (Fsp3) is 0.273. The number of nitrogen functional groups attached to an aromatic ring is 1. The molecule has 2 heterocycles. The molecule has 0 saturated carbocycles. The van der Waals surface area contributed by atoms with E-state index in [0.29, 0.717) is 10.7 Å². The monoisotopic (exact) mass is 408 g/mol. The number of nitrogens with one attached hydrogen (secondary N) is 1. The molecule has 0 bridgehead atoms. The summed E-state index contributed by atoms with van der Waals surface area (Å²) in [4.78, 5) is 19.3. The van der Waals surface area contributed by atoms with E-state index >= 15 is 0 Å². The van der Waals surface area contributed by atoms with Crippen molar-refractivity contribution in [2.45, 2.75) is 26.1 Å². The minimum atomic E-state index is -0.156. The molecule has 4 rings (SSSR count). The van der Waals surface area contributed by atoms with Crippen LogP contribution >= 0.6 is 11.3 Å². The van der Waals surface area contributed by atoms with Crippen molar-refractivity contribution in [2.75, 3.05) is 29.0 Å². The van der Waals surface area contributed by atoms with E-state index in [2.05, 4.69) is 29.0 Å². The maximum absolute atomic E-state index is 12.7. The van der Waals surface area contributed by atoms with E-state index in [1.165, 1.54) is 11.3 Å². The highest BCUT2D eigenvalue weighted by molar-refractivity contribution is 7.13. The van der Waals surface area contributed by atoms with Crippen LogP contribution in [0.1, 0.15) is 24.2 Å². The molecule has 2 atom stereocenters. The van der Waals surface area contributed by atoms with Crippen LogP contribution in [0.5, 0.6) is 0 Å². The number of benzene rings is 2. The Morgan fingerprint density at radius 1 is 1.17 bits per heavy atom. The molecule has 6 nitrogen and oxygen atoms in total. The first-order chi connectivity index (χ1) is 14.0. The normalized spacial score (nSPS) is 19.2. The van der Waals surface area contributed by atoms with Gasteiger partial charge in [0.25, 0.3) is 5.91 Å². The Hall–Kier alpha value is -2.90. The smallest absolute Gasteiger partial charge is 0.255 e. The molecule has 1 amide bonds. The van der Waals surface area contributed by atoms with Gasteiger partial charge in [0.15, 0.2) is 5.13 Å². The molecular formula is C22H24N4O2S. The van der Waals surface area contributed by atoms with Crippen molar-refractivity contribution in [3.8, 4) is 11.3 Å². The Morgan fingerprint density at radius 2 is 1.90 bits per heavy atom. The first-order valence-electron chi connectivity index (χ1n) is 9.61. The largest absolute Gasteiger partial charge is 0.375 e. The Balaban J connectivity index is 1.45. The van der Waals surface area contributed by atoms with Gasteiger partial charge >= 0.3 is 0 Å². The SMILES string of the molecule is C[C@@H]1CN(c2ccc(NC(=O)c3cccc(-c4csc(N)n4)c3)cc2)C[C@H](C)O1. The highest BCUT2D eigenvalue weighted by atomic mass is 32.1. The topological polar surface area (TPSA) is 80.5 Å². The Bertz CT molecular complexity index is 992. The number of amides is 1. The molecule has 3 aromatic rings. The number of carbonyl (C=O) groups is 1. The zero-order valence-corrected chi connectivity index (χ0v) is 17.3. The van der Waals surface area contributed by atoms with Gasteiger partial charge in [-0.05, 0) is 50.2 Å². The Kier molecular flexibility index (Phi) is 5.51. The van der Waals surface area contributed by atoms with E-state index in [1.807, 2.05) is 47.8 Å². The first kappa shape index (κ1) is 19.4. The maximum Gasteiger partial charge on any atom is 0.255 e. The number of ether oxygens (including phenoxy) is 1. The van der Waals surface area contributed by atoms with Crippen LogP contribution in [-0.4, -0.2) is 36.2 Å². The summed E-state index contributed by atoms with van der Waals surface area (Å²) < 4.78 is 5.80. The highest BCUT2D eigenvalue weighted by Gasteiger charge is 2.22. The molecule has 1 aliphatic rings. The van der Waals surface area contributed by atoms with Gasteiger partial charge < -0.3 is 20.7 Å². The minimum Gasteiger partial charge on any atom is -0.375 e. The van der Waals surface area contributed by atoms with Crippen molar-refractivity contribution in [3.05, 3.63) is 59.5 Å². The van der Waals surface area contributed by atoms with Gasteiger partial charge in [-0.15, -0.1) is 11.3 Å². The maximum atomic E-state index is 12.7. The summed E-state index contributed by atoms with van der Waals surface area (Å²) in [6.07, 6.45) is 0.414. The highest BCUT2D eigenvalue weighted by Crippen LogP contribution is 2.25. The second-order valence-corrected chi connectivity index (χ2v) is 8.20. The zero-order chi connectivity index (χ0) is 20.4. The summed E-state index contributed by atoms with van der Waals surface area (Å²) in [6.45, 7) is 5.91. The molecule has 0 radical (unpaired) electrons. The van der Waals surface area contributed by atoms with Gasteiger partial charge in [0.05, 0.1) is 17.9 Å². The number of rotatable bonds is 4.